The van der Waals surface area contributed by atoms with Gasteiger partial charge in [0.25, 0.3) is 0 Å². The molecule has 88 valence electrons. The van der Waals surface area contributed by atoms with Gasteiger partial charge >= 0.3 is 0 Å². The molecule has 1 aliphatic rings. The lowest BCUT2D eigenvalue weighted by Crippen LogP contribution is -2.21. The fourth-order valence-corrected chi connectivity index (χ4v) is 2.49. The highest BCUT2D eigenvalue weighted by Crippen LogP contribution is 2.29. The molecule has 0 fully saturated rings. The van der Waals surface area contributed by atoms with E-state index in [0.717, 1.165) is 6.42 Å². The summed E-state index contributed by atoms with van der Waals surface area (Å²) in [5, 5.41) is 0. The molecule has 0 amide bonds. The molecule has 1 heterocycles. The zero-order valence-corrected chi connectivity index (χ0v) is 10.4. The third-order valence-electron chi connectivity index (χ3n) is 3.19. The summed E-state index contributed by atoms with van der Waals surface area (Å²) in [5.74, 6) is 0. The van der Waals surface area contributed by atoms with Gasteiger partial charge in [0.2, 0.25) is 0 Å². The first-order chi connectivity index (χ1) is 7.70. The zero-order chi connectivity index (χ0) is 11.5. The fourth-order valence-electron chi connectivity index (χ4n) is 2.49. The molecule has 0 spiro atoms. The van der Waals surface area contributed by atoms with Crippen molar-refractivity contribution < 1.29 is 0 Å². The Morgan fingerprint density at radius 1 is 1.44 bits per heavy atom. The van der Waals surface area contributed by atoms with Gasteiger partial charge in [-0.3, -0.25) is 0 Å². The van der Waals surface area contributed by atoms with Crippen molar-refractivity contribution in [2.24, 2.45) is 5.73 Å². The Morgan fingerprint density at radius 3 is 2.94 bits per heavy atom. The van der Waals surface area contributed by atoms with Crippen molar-refractivity contribution in [2.45, 2.75) is 39.2 Å². The predicted octanol–water partition coefficient (Wildman–Crippen LogP) is 2.35. The average molecular weight is 218 g/mol. The number of rotatable bonds is 4. The first kappa shape index (κ1) is 11.5. The van der Waals surface area contributed by atoms with Gasteiger partial charge in [-0.15, -0.1) is 0 Å². The van der Waals surface area contributed by atoms with E-state index in [0.29, 0.717) is 0 Å². The lowest BCUT2D eigenvalue weighted by atomic mass is 10.0. The lowest BCUT2D eigenvalue weighted by Gasteiger charge is -2.19. The highest BCUT2D eigenvalue weighted by atomic mass is 15.1. The molecule has 2 heteroatoms. The van der Waals surface area contributed by atoms with Gasteiger partial charge in [0.05, 0.1) is 0 Å². The Bertz CT molecular complexity index is 356. The molecule has 2 rings (SSSR count). The third-order valence-corrected chi connectivity index (χ3v) is 3.19. The fraction of sp³-hybridized carbons (Fsp3) is 0.571. The van der Waals surface area contributed by atoms with Crippen molar-refractivity contribution in [1.82, 2.24) is 0 Å². The van der Waals surface area contributed by atoms with E-state index in [2.05, 4.69) is 36.9 Å². The zero-order valence-electron chi connectivity index (χ0n) is 10.4. The Kier molecular flexibility index (Phi) is 3.49. The van der Waals surface area contributed by atoms with Crippen LogP contribution in [0.4, 0.5) is 5.69 Å². The van der Waals surface area contributed by atoms with E-state index in [1.165, 1.54) is 42.7 Å². The van der Waals surface area contributed by atoms with E-state index >= 15 is 0 Å². The topological polar surface area (TPSA) is 29.3 Å². The van der Waals surface area contributed by atoms with Crippen LogP contribution in [0.3, 0.4) is 0 Å². The molecular weight excluding hydrogens is 196 g/mol. The van der Waals surface area contributed by atoms with Crippen molar-refractivity contribution in [3.05, 3.63) is 29.3 Å². The van der Waals surface area contributed by atoms with E-state index in [9.17, 15) is 0 Å². The molecule has 2 nitrogen and oxygen atoms in total. The highest BCUT2D eigenvalue weighted by Gasteiger charge is 2.18. The van der Waals surface area contributed by atoms with E-state index < -0.39 is 0 Å². The summed E-state index contributed by atoms with van der Waals surface area (Å²) >= 11 is 0. The van der Waals surface area contributed by atoms with Crippen LogP contribution in [-0.4, -0.2) is 19.1 Å². The van der Waals surface area contributed by atoms with Crippen molar-refractivity contribution >= 4 is 5.69 Å². The molecule has 0 aliphatic carbocycles. The molecule has 0 saturated carbocycles. The minimum Gasteiger partial charge on any atom is -0.371 e. The summed E-state index contributed by atoms with van der Waals surface area (Å²) in [6, 6.07) is 7.10. The van der Waals surface area contributed by atoms with Gasteiger partial charge in [0.15, 0.2) is 0 Å². The maximum atomic E-state index is 5.85. The lowest BCUT2D eigenvalue weighted by molar-refractivity contribution is 0.737. The van der Waals surface area contributed by atoms with E-state index in [1.807, 2.05) is 0 Å². The minimum absolute atomic E-state index is 0.249. The average Bonchev–Trinajstić information content (AvgIpc) is 2.61. The number of fused-ring (bicyclic) bond motifs is 1. The first-order valence-electron chi connectivity index (χ1n) is 6.33. The normalized spacial score (nSPS) is 16.3. The van der Waals surface area contributed by atoms with Crippen molar-refractivity contribution in [3.8, 4) is 0 Å². The third kappa shape index (κ3) is 2.38. The monoisotopic (exact) mass is 218 g/mol. The Labute approximate surface area is 98.4 Å². The number of nitrogens with two attached hydrogens (primary N) is 1. The number of hydrogen-bond donors (Lipinski definition) is 1. The van der Waals surface area contributed by atoms with Crippen LogP contribution in [0.1, 0.15) is 31.4 Å². The van der Waals surface area contributed by atoms with Crippen LogP contribution in [0.25, 0.3) is 0 Å². The summed E-state index contributed by atoms with van der Waals surface area (Å²) in [6.45, 7) is 6.67. The van der Waals surface area contributed by atoms with E-state index in [-0.39, 0.29) is 6.04 Å². The van der Waals surface area contributed by atoms with Crippen molar-refractivity contribution in [3.63, 3.8) is 0 Å². The van der Waals surface area contributed by atoms with Gasteiger partial charge in [0.1, 0.15) is 0 Å². The Morgan fingerprint density at radius 2 is 2.25 bits per heavy atom. The molecule has 1 unspecified atom stereocenters. The SMILES string of the molecule is CCCN1CCc2ccc(CC(C)N)cc21. The summed E-state index contributed by atoms with van der Waals surface area (Å²) in [4.78, 5) is 2.50. The molecule has 2 N–H and O–H groups in total. The second-order valence-corrected chi connectivity index (χ2v) is 4.88. The predicted molar refractivity (Wildman–Crippen MR) is 70.0 cm³/mol. The quantitative estimate of drug-likeness (QED) is 0.840. The summed E-state index contributed by atoms with van der Waals surface area (Å²) in [6.07, 6.45) is 3.40. The number of hydrogen-bond acceptors (Lipinski definition) is 2. The number of nitrogens with zero attached hydrogens (tertiary/aromatic N) is 1. The van der Waals surface area contributed by atoms with Gasteiger partial charge in [-0.1, -0.05) is 19.1 Å². The standard InChI is InChI=1S/C14H22N2/c1-3-7-16-8-6-13-5-4-12(9-11(2)15)10-14(13)16/h4-5,10-11H,3,6-9,15H2,1-2H3. The van der Waals surface area contributed by atoms with Crippen molar-refractivity contribution in [2.75, 3.05) is 18.0 Å². The summed E-state index contributed by atoms with van der Waals surface area (Å²) in [7, 11) is 0. The molecule has 0 bridgehead atoms. The van der Waals surface area contributed by atoms with Crippen LogP contribution in [0.15, 0.2) is 18.2 Å². The maximum absolute atomic E-state index is 5.85. The molecule has 0 saturated heterocycles. The minimum atomic E-state index is 0.249. The largest absolute Gasteiger partial charge is 0.371 e. The Hall–Kier alpha value is -1.02. The summed E-state index contributed by atoms with van der Waals surface area (Å²) < 4.78 is 0. The second kappa shape index (κ2) is 4.88. The summed E-state index contributed by atoms with van der Waals surface area (Å²) in [5.41, 5.74) is 10.2. The molecule has 1 atom stereocenters. The second-order valence-electron chi connectivity index (χ2n) is 4.88. The first-order valence-corrected chi connectivity index (χ1v) is 6.33. The van der Waals surface area contributed by atoms with Crippen LogP contribution in [0, 0.1) is 0 Å². The molecule has 1 aliphatic heterocycles. The van der Waals surface area contributed by atoms with Gasteiger partial charge in [0, 0.05) is 24.8 Å². The van der Waals surface area contributed by atoms with E-state index in [4.69, 9.17) is 5.73 Å². The van der Waals surface area contributed by atoms with Crippen LogP contribution in [0.2, 0.25) is 0 Å². The molecule has 1 aromatic carbocycles. The molecule has 1 aromatic rings. The molecule has 16 heavy (non-hydrogen) atoms. The van der Waals surface area contributed by atoms with Gasteiger partial charge in [-0.25, -0.2) is 0 Å². The number of benzene rings is 1. The highest BCUT2D eigenvalue weighted by molar-refractivity contribution is 5.59. The Balaban J connectivity index is 2.19. The van der Waals surface area contributed by atoms with Crippen molar-refractivity contribution in [1.29, 1.82) is 0 Å². The maximum Gasteiger partial charge on any atom is 0.0402 e. The molecular formula is C14H22N2. The van der Waals surface area contributed by atoms with E-state index in [1.54, 1.807) is 0 Å². The van der Waals surface area contributed by atoms with Crippen LogP contribution < -0.4 is 10.6 Å². The van der Waals surface area contributed by atoms with Gasteiger partial charge in [-0.05, 0) is 43.4 Å². The smallest absolute Gasteiger partial charge is 0.0402 e. The van der Waals surface area contributed by atoms with Gasteiger partial charge < -0.3 is 10.6 Å². The van der Waals surface area contributed by atoms with Crippen LogP contribution >= 0.6 is 0 Å². The molecule has 0 aromatic heterocycles. The van der Waals surface area contributed by atoms with Crippen LogP contribution in [0.5, 0.6) is 0 Å². The number of anilines is 1. The van der Waals surface area contributed by atoms with Crippen LogP contribution in [-0.2, 0) is 12.8 Å². The molecule has 0 radical (unpaired) electrons. The van der Waals surface area contributed by atoms with Gasteiger partial charge in [-0.2, -0.15) is 0 Å².